The molecule has 0 fully saturated rings. The van der Waals surface area contributed by atoms with Crippen molar-refractivity contribution in [1.82, 2.24) is 13.7 Å². The Labute approximate surface area is 147 Å². The van der Waals surface area contributed by atoms with Crippen molar-refractivity contribution in [3.8, 4) is 5.75 Å². The van der Waals surface area contributed by atoms with Crippen LogP contribution < -0.4 is 4.74 Å². The van der Waals surface area contributed by atoms with Gasteiger partial charge in [-0.1, -0.05) is 13.0 Å². The van der Waals surface area contributed by atoms with Crippen molar-refractivity contribution in [2.24, 2.45) is 0 Å². The van der Waals surface area contributed by atoms with Crippen molar-refractivity contribution in [3.63, 3.8) is 0 Å². The molecule has 0 N–H and O–H groups in total. The predicted octanol–water partition coefficient (Wildman–Crippen LogP) is 2.94. The molecule has 2 aromatic heterocycles. The number of hydrogen-bond donors (Lipinski definition) is 0. The van der Waals surface area contributed by atoms with Crippen molar-refractivity contribution < 1.29 is 13.2 Å². The van der Waals surface area contributed by atoms with E-state index in [2.05, 4.69) is 4.98 Å². The Morgan fingerprint density at radius 2 is 1.88 bits per heavy atom. The van der Waals surface area contributed by atoms with E-state index in [1.54, 1.807) is 30.5 Å². The van der Waals surface area contributed by atoms with E-state index < -0.39 is 10.0 Å². The van der Waals surface area contributed by atoms with Gasteiger partial charge in [-0.3, -0.25) is 0 Å². The maximum atomic E-state index is 13.0. The van der Waals surface area contributed by atoms with E-state index in [9.17, 15) is 8.42 Å². The summed E-state index contributed by atoms with van der Waals surface area (Å²) in [7, 11) is -3.59. The van der Waals surface area contributed by atoms with Crippen LogP contribution >= 0.6 is 0 Å². The third-order valence-electron chi connectivity index (χ3n) is 3.96. The second kappa shape index (κ2) is 7.25. The summed E-state index contributed by atoms with van der Waals surface area (Å²) in [6.07, 6.45) is 3.60. The highest BCUT2D eigenvalue weighted by molar-refractivity contribution is 7.89. The minimum atomic E-state index is -3.59. The number of aromatic nitrogens is 2. The average Bonchev–Trinajstić information content (AvgIpc) is 3.03. The molecule has 25 heavy (non-hydrogen) atoms. The molecule has 0 radical (unpaired) electrons. The number of ether oxygens (including phenoxy) is 1. The largest absolute Gasteiger partial charge is 0.494 e. The molecule has 0 saturated heterocycles. The van der Waals surface area contributed by atoms with Crippen LogP contribution in [0.25, 0.3) is 5.65 Å². The van der Waals surface area contributed by atoms with Crippen molar-refractivity contribution in [3.05, 3.63) is 60.6 Å². The second-order valence-electron chi connectivity index (χ2n) is 5.51. The van der Waals surface area contributed by atoms with Crippen molar-refractivity contribution in [2.45, 2.75) is 25.3 Å². The van der Waals surface area contributed by atoms with Gasteiger partial charge < -0.3 is 9.14 Å². The Balaban J connectivity index is 1.88. The summed E-state index contributed by atoms with van der Waals surface area (Å²) >= 11 is 0. The monoisotopic (exact) mass is 359 g/mol. The molecule has 7 heteroatoms. The highest BCUT2D eigenvalue weighted by Crippen LogP contribution is 2.21. The third-order valence-corrected chi connectivity index (χ3v) is 5.89. The van der Waals surface area contributed by atoms with Crippen molar-refractivity contribution >= 4 is 15.7 Å². The molecule has 0 unspecified atom stereocenters. The summed E-state index contributed by atoms with van der Waals surface area (Å²) in [5.74, 6) is 0.659. The van der Waals surface area contributed by atoms with Crippen LogP contribution in [0.4, 0.5) is 0 Å². The first-order valence-electron chi connectivity index (χ1n) is 8.20. The van der Waals surface area contributed by atoms with E-state index >= 15 is 0 Å². The zero-order valence-corrected chi connectivity index (χ0v) is 15.1. The van der Waals surface area contributed by atoms with Gasteiger partial charge in [-0.05, 0) is 43.3 Å². The van der Waals surface area contributed by atoms with Crippen LogP contribution in [0.1, 0.15) is 19.5 Å². The van der Waals surface area contributed by atoms with Crippen LogP contribution in [0.15, 0.2) is 59.8 Å². The van der Waals surface area contributed by atoms with Crippen LogP contribution in [0.5, 0.6) is 5.75 Å². The standard InChI is InChI=1S/C18H21N3O3S/c1-3-20(14-15-13-19-18-7-5-6-12-21(15)18)25(22,23)17-10-8-16(9-11-17)24-4-2/h5-13H,3-4,14H2,1-2H3. The van der Waals surface area contributed by atoms with Gasteiger partial charge in [-0.15, -0.1) is 0 Å². The molecule has 3 rings (SSSR count). The lowest BCUT2D eigenvalue weighted by atomic mass is 10.3. The van der Waals surface area contributed by atoms with Crippen LogP contribution in [0, 0.1) is 0 Å². The van der Waals surface area contributed by atoms with Gasteiger partial charge in [0.05, 0.1) is 29.9 Å². The first-order valence-corrected chi connectivity index (χ1v) is 9.64. The predicted molar refractivity (Wildman–Crippen MR) is 96.1 cm³/mol. The fourth-order valence-electron chi connectivity index (χ4n) is 2.67. The molecule has 6 nitrogen and oxygen atoms in total. The first-order chi connectivity index (χ1) is 12.1. The zero-order valence-electron chi connectivity index (χ0n) is 14.3. The van der Waals surface area contributed by atoms with Crippen molar-refractivity contribution in [1.29, 1.82) is 0 Å². The Morgan fingerprint density at radius 1 is 1.12 bits per heavy atom. The fraction of sp³-hybridized carbons (Fsp3) is 0.278. The van der Waals surface area contributed by atoms with Crippen LogP contribution in [-0.2, 0) is 16.6 Å². The summed E-state index contributed by atoms with van der Waals surface area (Å²) < 4.78 is 34.6. The quantitative estimate of drug-likeness (QED) is 0.651. The van der Waals surface area contributed by atoms with E-state index in [0.717, 1.165) is 11.3 Å². The van der Waals surface area contributed by atoms with Gasteiger partial charge in [0.25, 0.3) is 0 Å². The Hall–Kier alpha value is -2.38. The number of nitrogens with zero attached hydrogens (tertiary/aromatic N) is 3. The Morgan fingerprint density at radius 3 is 2.56 bits per heavy atom. The van der Waals surface area contributed by atoms with E-state index in [-0.39, 0.29) is 11.4 Å². The molecular weight excluding hydrogens is 338 g/mol. The Bertz CT molecular complexity index is 949. The molecule has 132 valence electrons. The van der Waals surface area contributed by atoms with Crippen LogP contribution in [0.3, 0.4) is 0 Å². The maximum Gasteiger partial charge on any atom is 0.243 e. The number of rotatable bonds is 7. The maximum absolute atomic E-state index is 13.0. The van der Waals surface area contributed by atoms with E-state index in [4.69, 9.17) is 4.74 Å². The lowest BCUT2D eigenvalue weighted by Gasteiger charge is -2.20. The van der Waals surface area contributed by atoms with Gasteiger partial charge in [0, 0.05) is 12.7 Å². The zero-order chi connectivity index (χ0) is 17.9. The van der Waals surface area contributed by atoms with E-state index in [1.807, 2.05) is 42.6 Å². The number of sulfonamides is 1. The highest BCUT2D eigenvalue weighted by atomic mass is 32.2. The van der Waals surface area contributed by atoms with Crippen molar-refractivity contribution in [2.75, 3.05) is 13.2 Å². The molecule has 0 spiro atoms. The minimum absolute atomic E-state index is 0.256. The average molecular weight is 359 g/mol. The van der Waals surface area contributed by atoms with Gasteiger partial charge in [0.1, 0.15) is 11.4 Å². The van der Waals surface area contributed by atoms with Gasteiger partial charge in [0.2, 0.25) is 10.0 Å². The highest BCUT2D eigenvalue weighted by Gasteiger charge is 2.24. The lowest BCUT2D eigenvalue weighted by Crippen LogP contribution is -2.30. The molecule has 1 aromatic carbocycles. The number of benzene rings is 1. The smallest absolute Gasteiger partial charge is 0.243 e. The summed E-state index contributed by atoms with van der Waals surface area (Å²) in [5.41, 5.74) is 1.62. The molecule has 0 bridgehead atoms. The molecule has 2 heterocycles. The molecule has 0 aliphatic carbocycles. The Kier molecular flexibility index (Phi) is 5.06. The summed E-state index contributed by atoms with van der Waals surface area (Å²) in [4.78, 5) is 4.57. The van der Waals surface area contributed by atoms with Crippen LogP contribution in [0.2, 0.25) is 0 Å². The molecule has 3 aromatic rings. The summed E-state index contributed by atoms with van der Waals surface area (Å²) in [5, 5.41) is 0. The second-order valence-corrected chi connectivity index (χ2v) is 7.45. The summed E-state index contributed by atoms with van der Waals surface area (Å²) in [6.45, 7) is 4.89. The SMILES string of the molecule is CCOc1ccc(S(=O)(=O)N(CC)Cc2cnc3ccccn23)cc1. The third kappa shape index (κ3) is 3.52. The van der Waals surface area contributed by atoms with Gasteiger partial charge in [-0.25, -0.2) is 13.4 Å². The minimum Gasteiger partial charge on any atom is -0.494 e. The first kappa shape index (κ1) is 17.4. The molecule has 0 amide bonds. The molecular formula is C18H21N3O3S. The summed E-state index contributed by atoms with van der Waals surface area (Å²) in [6, 6.07) is 12.2. The molecule has 0 aliphatic heterocycles. The van der Waals surface area contributed by atoms with Gasteiger partial charge >= 0.3 is 0 Å². The van der Waals surface area contributed by atoms with Crippen LogP contribution in [-0.4, -0.2) is 35.3 Å². The van der Waals surface area contributed by atoms with Gasteiger partial charge in [-0.2, -0.15) is 4.31 Å². The number of hydrogen-bond acceptors (Lipinski definition) is 4. The topological polar surface area (TPSA) is 63.9 Å². The lowest BCUT2D eigenvalue weighted by molar-refractivity contribution is 0.340. The fourth-order valence-corrected chi connectivity index (χ4v) is 4.09. The molecule has 0 saturated carbocycles. The number of pyridine rings is 1. The van der Waals surface area contributed by atoms with E-state index in [0.29, 0.717) is 18.9 Å². The van der Waals surface area contributed by atoms with E-state index in [1.165, 1.54) is 4.31 Å². The normalized spacial score (nSPS) is 12.0. The number of imidazole rings is 1. The molecule has 0 atom stereocenters. The number of fused-ring (bicyclic) bond motifs is 1. The molecule has 0 aliphatic rings. The van der Waals surface area contributed by atoms with Gasteiger partial charge in [0.15, 0.2) is 0 Å².